The van der Waals surface area contributed by atoms with E-state index in [1.165, 1.54) is 0 Å². The molecule has 0 radical (unpaired) electrons. The zero-order valence-electron chi connectivity index (χ0n) is 15.9. The van der Waals surface area contributed by atoms with Crippen LogP contribution in [0.5, 0.6) is 0 Å². The summed E-state index contributed by atoms with van der Waals surface area (Å²) in [6, 6.07) is 9.56. The van der Waals surface area contributed by atoms with E-state index < -0.39 is 0 Å². The fourth-order valence-corrected chi connectivity index (χ4v) is 3.81. The lowest BCUT2D eigenvalue weighted by Crippen LogP contribution is -2.28. The van der Waals surface area contributed by atoms with Crippen LogP contribution in [0.15, 0.2) is 45.8 Å². The largest absolute Gasteiger partial charge is 0.333 e. The zero-order chi connectivity index (χ0) is 19.1. The lowest BCUT2D eigenvalue weighted by Gasteiger charge is -2.23. The van der Waals surface area contributed by atoms with E-state index in [-0.39, 0.29) is 18.0 Å². The Hall–Kier alpha value is -2.97. The van der Waals surface area contributed by atoms with Gasteiger partial charge in [0.2, 0.25) is 5.82 Å². The van der Waals surface area contributed by atoms with Crippen LogP contribution in [0, 0.1) is 6.92 Å². The van der Waals surface area contributed by atoms with Gasteiger partial charge in [0.25, 0.3) is 11.4 Å². The molecule has 0 saturated carbocycles. The van der Waals surface area contributed by atoms with E-state index in [0.717, 1.165) is 42.8 Å². The average molecular weight is 413 g/mol. The van der Waals surface area contributed by atoms with Gasteiger partial charge in [-0.15, -0.1) is 12.4 Å². The summed E-state index contributed by atoms with van der Waals surface area (Å²) in [5.41, 5.74) is 3.98. The molecule has 0 bridgehead atoms. The molecule has 1 saturated heterocycles. The minimum Gasteiger partial charge on any atom is -0.333 e. The molecule has 150 valence electrons. The Bertz CT molecular complexity index is 1210. The van der Waals surface area contributed by atoms with Gasteiger partial charge in [0, 0.05) is 17.5 Å². The Kier molecular flexibility index (Phi) is 5.21. The van der Waals surface area contributed by atoms with Crippen LogP contribution in [0.25, 0.3) is 28.5 Å². The van der Waals surface area contributed by atoms with Crippen LogP contribution in [0.1, 0.15) is 30.0 Å². The van der Waals surface area contributed by atoms with Gasteiger partial charge < -0.3 is 14.8 Å². The first-order valence-electron chi connectivity index (χ1n) is 9.42. The summed E-state index contributed by atoms with van der Waals surface area (Å²) in [6.07, 6.45) is 3.63. The summed E-state index contributed by atoms with van der Waals surface area (Å²) >= 11 is 0. The van der Waals surface area contributed by atoms with Crippen molar-refractivity contribution in [2.45, 2.75) is 25.7 Å². The second-order valence-electron chi connectivity index (χ2n) is 7.19. The zero-order valence-corrected chi connectivity index (χ0v) is 16.7. The van der Waals surface area contributed by atoms with Crippen LogP contribution in [0.3, 0.4) is 0 Å². The quantitative estimate of drug-likeness (QED) is 0.536. The number of nitrogens with zero attached hydrogens (tertiary/aromatic N) is 4. The number of fused-ring (bicyclic) bond motifs is 1. The predicted molar refractivity (Wildman–Crippen MR) is 111 cm³/mol. The fraction of sp³-hybridized carbons (Fsp3) is 0.300. The molecule has 4 heterocycles. The highest BCUT2D eigenvalue weighted by molar-refractivity contribution is 5.85. The molecule has 9 heteroatoms. The number of rotatable bonds is 3. The molecule has 2 N–H and O–H groups in total. The van der Waals surface area contributed by atoms with Crippen LogP contribution in [0.2, 0.25) is 0 Å². The Morgan fingerprint density at radius 1 is 1.21 bits per heavy atom. The SMILES string of the molecule is Cc1cccc(-c2noc(-c3cnn4c(C5CCNCC5)cc(=O)[nH]c34)n2)c1.Cl. The van der Waals surface area contributed by atoms with Crippen molar-refractivity contribution in [1.29, 1.82) is 0 Å². The Labute approximate surface area is 172 Å². The van der Waals surface area contributed by atoms with Gasteiger partial charge in [-0.1, -0.05) is 28.9 Å². The topological polar surface area (TPSA) is 101 Å². The molecule has 0 unspecified atom stereocenters. The maximum atomic E-state index is 12.3. The van der Waals surface area contributed by atoms with Crippen LogP contribution >= 0.6 is 12.4 Å². The highest BCUT2D eigenvalue weighted by Gasteiger charge is 2.22. The Morgan fingerprint density at radius 2 is 2.03 bits per heavy atom. The van der Waals surface area contributed by atoms with Gasteiger partial charge in [-0.25, -0.2) is 4.52 Å². The normalized spacial score (nSPS) is 14.8. The lowest BCUT2D eigenvalue weighted by atomic mass is 9.94. The molecule has 4 aromatic rings. The van der Waals surface area contributed by atoms with Crippen molar-refractivity contribution in [1.82, 2.24) is 30.1 Å². The summed E-state index contributed by atoms with van der Waals surface area (Å²) < 4.78 is 7.29. The van der Waals surface area contributed by atoms with Crippen LogP contribution in [0.4, 0.5) is 0 Å². The van der Waals surface area contributed by atoms with Gasteiger partial charge in [0.1, 0.15) is 11.2 Å². The summed E-state index contributed by atoms with van der Waals surface area (Å²) in [6.45, 7) is 3.90. The van der Waals surface area contributed by atoms with Crippen molar-refractivity contribution in [3.63, 3.8) is 0 Å². The fourth-order valence-electron chi connectivity index (χ4n) is 3.81. The minimum atomic E-state index is -0.152. The van der Waals surface area contributed by atoms with Crippen molar-refractivity contribution in [3.8, 4) is 22.8 Å². The van der Waals surface area contributed by atoms with Gasteiger partial charge >= 0.3 is 0 Å². The van der Waals surface area contributed by atoms with E-state index in [1.54, 1.807) is 16.8 Å². The third-order valence-corrected chi connectivity index (χ3v) is 5.22. The molecule has 0 atom stereocenters. The number of H-pyrrole nitrogens is 1. The second-order valence-corrected chi connectivity index (χ2v) is 7.19. The van der Waals surface area contributed by atoms with Crippen LogP contribution in [-0.4, -0.2) is 37.8 Å². The number of hydrogen-bond acceptors (Lipinski definition) is 6. The van der Waals surface area contributed by atoms with Gasteiger partial charge in [-0.05, 0) is 38.9 Å². The van der Waals surface area contributed by atoms with E-state index >= 15 is 0 Å². The molecule has 1 aliphatic rings. The van der Waals surface area contributed by atoms with Crippen molar-refractivity contribution in [2.75, 3.05) is 13.1 Å². The highest BCUT2D eigenvalue weighted by Crippen LogP contribution is 2.28. The maximum Gasteiger partial charge on any atom is 0.263 e. The first-order chi connectivity index (χ1) is 13.7. The number of halogens is 1. The van der Waals surface area contributed by atoms with Crippen LogP contribution in [-0.2, 0) is 0 Å². The number of aromatic nitrogens is 5. The molecule has 1 aliphatic heterocycles. The predicted octanol–water partition coefficient (Wildman–Crippen LogP) is 2.94. The lowest BCUT2D eigenvalue weighted by molar-refractivity contribution is 0.432. The van der Waals surface area contributed by atoms with Crippen molar-refractivity contribution >= 4 is 18.1 Å². The molecule has 29 heavy (non-hydrogen) atoms. The maximum absolute atomic E-state index is 12.3. The molecule has 5 rings (SSSR count). The Balaban J connectivity index is 0.00000205. The van der Waals surface area contributed by atoms with Gasteiger partial charge in [-0.2, -0.15) is 10.1 Å². The third-order valence-electron chi connectivity index (χ3n) is 5.22. The molecule has 1 fully saturated rings. The van der Waals surface area contributed by atoms with Gasteiger partial charge in [0.05, 0.1) is 11.9 Å². The molecular weight excluding hydrogens is 392 g/mol. The van der Waals surface area contributed by atoms with E-state index in [4.69, 9.17) is 4.52 Å². The number of benzene rings is 1. The van der Waals surface area contributed by atoms with E-state index in [2.05, 4.69) is 25.5 Å². The molecule has 1 aromatic carbocycles. The number of aromatic amines is 1. The van der Waals surface area contributed by atoms with E-state index in [0.29, 0.717) is 28.8 Å². The van der Waals surface area contributed by atoms with Crippen molar-refractivity contribution < 1.29 is 4.52 Å². The molecular formula is C20H21ClN6O2. The number of piperidine rings is 1. The molecule has 0 amide bonds. The molecule has 0 aliphatic carbocycles. The van der Waals surface area contributed by atoms with Crippen molar-refractivity contribution in [3.05, 3.63) is 58.1 Å². The summed E-state index contributed by atoms with van der Waals surface area (Å²) in [5.74, 6) is 1.14. The minimum absolute atomic E-state index is 0. The summed E-state index contributed by atoms with van der Waals surface area (Å²) in [7, 11) is 0. The summed E-state index contributed by atoms with van der Waals surface area (Å²) in [4.78, 5) is 19.7. The van der Waals surface area contributed by atoms with E-state index in [9.17, 15) is 4.79 Å². The molecule has 0 spiro atoms. The average Bonchev–Trinajstić information content (AvgIpc) is 3.35. The van der Waals surface area contributed by atoms with Gasteiger partial charge in [0.15, 0.2) is 0 Å². The van der Waals surface area contributed by atoms with Crippen molar-refractivity contribution in [2.24, 2.45) is 0 Å². The third kappa shape index (κ3) is 3.56. The highest BCUT2D eigenvalue weighted by atomic mass is 35.5. The number of nitrogens with one attached hydrogen (secondary N) is 2. The molecule has 3 aromatic heterocycles. The standard InChI is InChI=1S/C20H20N6O2.ClH/c1-12-3-2-4-14(9-12)18-24-20(28-25-18)15-11-22-26-16(10-17(27)23-19(15)26)13-5-7-21-8-6-13;/h2-4,9-11,13,21H,5-8H2,1H3,(H,23,27);1H. The first-order valence-corrected chi connectivity index (χ1v) is 9.42. The second kappa shape index (κ2) is 7.81. The number of hydrogen-bond donors (Lipinski definition) is 2. The summed E-state index contributed by atoms with van der Waals surface area (Å²) in [5, 5.41) is 12.0. The first kappa shape index (κ1) is 19.4. The van der Waals surface area contributed by atoms with Gasteiger partial charge in [-0.3, -0.25) is 4.79 Å². The molecule has 8 nitrogen and oxygen atoms in total. The Morgan fingerprint density at radius 3 is 2.83 bits per heavy atom. The van der Waals surface area contributed by atoms with Crippen LogP contribution < -0.4 is 10.9 Å². The smallest absolute Gasteiger partial charge is 0.263 e. The van der Waals surface area contributed by atoms with E-state index in [1.807, 2.05) is 31.2 Å². The number of aryl methyl sites for hydroxylation is 1. The monoisotopic (exact) mass is 412 g/mol.